The van der Waals surface area contributed by atoms with Gasteiger partial charge in [0.05, 0.1) is 23.0 Å². The molecule has 8 nitrogen and oxygen atoms in total. The van der Waals surface area contributed by atoms with Gasteiger partial charge in [0.15, 0.2) is 0 Å². The minimum atomic E-state index is -0.670. The van der Waals surface area contributed by atoms with Gasteiger partial charge in [0.2, 0.25) is 0 Å². The van der Waals surface area contributed by atoms with Gasteiger partial charge in [0.25, 0.3) is 11.5 Å². The van der Waals surface area contributed by atoms with Crippen molar-refractivity contribution in [2.45, 2.75) is 20.8 Å². The Labute approximate surface area is 160 Å². The van der Waals surface area contributed by atoms with Crippen LogP contribution in [-0.2, 0) is 0 Å². The first-order valence-electron chi connectivity index (χ1n) is 8.52. The monoisotopic (exact) mass is 380 g/mol. The Morgan fingerprint density at radius 2 is 1.86 bits per heavy atom. The third kappa shape index (κ3) is 3.66. The summed E-state index contributed by atoms with van der Waals surface area (Å²) in [6.07, 6.45) is 1.25. The van der Waals surface area contributed by atoms with Gasteiger partial charge in [-0.3, -0.25) is 14.7 Å². The molecule has 0 radical (unpaired) electrons. The maximum atomic E-state index is 12.7. The quantitative estimate of drug-likeness (QED) is 0.410. The van der Waals surface area contributed by atoms with E-state index < -0.39 is 5.91 Å². The van der Waals surface area contributed by atoms with E-state index in [4.69, 9.17) is 0 Å². The zero-order valence-corrected chi connectivity index (χ0v) is 15.6. The van der Waals surface area contributed by atoms with Crippen LogP contribution in [0.25, 0.3) is 5.69 Å². The van der Waals surface area contributed by atoms with E-state index in [1.807, 2.05) is 32.0 Å². The lowest BCUT2D eigenvalue weighted by Gasteiger charge is -2.05. The van der Waals surface area contributed by atoms with Gasteiger partial charge in [-0.1, -0.05) is 6.07 Å². The SMILES string of the molecule is Cc1ccc(-n2[nH]c(C)c(/C=N/NC(=O)c3ccc(O)cc3O)c2=O)cc1C. The minimum absolute atomic E-state index is 0.0479. The van der Waals surface area contributed by atoms with E-state index in [9.17, 15) is 19.8 Å². The Bertz CT molecular complexity index is 1140. The summed E-state index contributed by atoms with van der Waals surface area (Å²) in [6.45, 7) is 5.69. The summed E-state index contributed by atoms with van der Waals surface area (Å²) in [5.74, 6) is -1.20. The van der Waals surface area contributed by atoms with Gasteiger partial charge in [-0.05, 0) is 56.2 Å². The highest BCUT2D eigenvalue weighted by molar-refractivity contribution is 5.97. The summed E-state index contributed by atoms with van der Waals surface area (Å²) in [5.41, 5.74) is 5.69. The number of aryl methyl sites for hydroxylation is 3. The van der Waals surface area contributed by atoms with Crippen LogP contribution >= 0.6 is 0 Å². The van der Waals surface area contributed by atoms with Gasteiger partial charge in [0.1, 0.15) is 11.5 Å². The number of hydrazone groups is 1. The van der Waals surface area contributed by atoms with Crippen LogP contribution in [-0.4, -0.2) is 32.1 Å². The molecule has 0 aliphatic heterocycles. The van der Waals surface area contributed by atoms with Crippen molar-refractivity contribution in [2.75, 3.05) is 0 Å². The van der Waals surface area contributed by atoms with Crippen molar-refractivity contribution in [2.24, 2.45) is 5.10 Å². The van der Waals surface area contributed by atoms with E-state index in [0.29, 0.717) is 16.9 Å². The number of amides is 1. The van der Waals surface area contributed by atoms with Crippen LogP contribution < -0.4 is 11.0 Å². The lowest BCUT2D eigenvalue weighted by atomic mass is 10.1. The van der Waals surface area contributed by atoms with Crippen molar-refractivity contribution in [3.05, 3.63) is 74.7 Å². The number of carbonyl (C=O) groups excluding carboxylic acids is 1. The number of phenols is 2. The zero-order valence-electron chi connectivity index (χ0n) is 15.6. The summed E-state index contributed by atoms with van der Waals surface area (Å²) < 4.78 is 1.41. The number of benzene rings is 2. The molecule has 1 amide bonds. The van der Waals surface area contributed by atoms with Crippen molar-refractivity contribution in [3.8, 4) is 17.2 Å². The number of nitrogens with one attached hydrogen (secondary N) is 2. The second kappa shape index (κ2) is 7.43. The number of aromatic amines is 1. The Kier molecular flexibility index (Phi) is 5.04. The molecule has 28 heavy (non-hydrogen) atoms. The molecule has 144 valence electrons. The second-order valence-corrected chi connectivity index (χ2v) is 6.46. The zero-order chi connectivity index (χ0) is 20.4. The molecule has 1 aromatic heterocycles. The molecule has 3 aromatic rings. The normalized spacial score (nSPS) is 11.1. The first-order chi connectivity index (χ1) is 13.3. The van der Waals surface area contributed by atoms with E-state index in [-0.39, 0.29) is 22.6 Å². The molecule has 4 N–H and O–H groups in total. The lowest BCUT2D eigenvalue weighted by Crippen LogP contribution is -2.20. The highest BCUT2D eigenvalue weighted by Crippen LogP contribution is 2.22. The molecule has 0 saturated heterocycles. The first-order valence-corrected chi connectivity index (χ1v) is 8.52. The Morgan fingerprint density at radius 1 is 1.11 bits per heavy atom. The number of phenolic OH excluding ortho intramolecular Hbond substituents is 2. The number of nitrogens with zero attached hydrogens (tertiary/aromatic N) is 2. The van der Waals surface area contributed by atoms with Gasteiger partial charge in [-0.2, -0.15) is 5.10 Å². The Balaban J connectivity index is 1.83. The first kappa shape index (κ1) is 19.0. The molecule has 8 heteroatoms. The topological polar surface area (TPSA) is 120 Å². The van der Waals surface area contributed by atoms with Crippen molar-refractivity contribution in [1.82, 2.24) is 15.2 Å². The Morgan fingerprint density at radius 3 is 2.54 bits per heavy atom. The molecular formula is C20H20N4O4. The number of rotatable bonds is 4. The fourth-order valence-electron chi connectivity index (χ4n) is 2.69. The maximum absolute atomic E-state index is 12.7. The van der Waals surface area contributed by atoms with Crippen molar-refractivity contribution < 1.29 is 15.0 Å². The van der Waals surface area contributed by atoms with Crippen molar-refractivity contribution >= 4 is 12.1 Å². The van der Waals surface area contributed by atoms with Crippen LogP contribution in [0.15, 0.2) is 46.3 Å². The summed E-state index contributed by atoms with van der Waals surface area (Å²) >= 11 is 0. The van der Waals surface area contributed by atoms with Crippen molar-refractivity contribution in [3.63, 3.8) is 0 Å². The van der Waals surface area contributed by atoms with Gasteiger partial charge >= 0.3 is 0 Å². The van der Waals surface area contributed by atoms with Gasteiger partial charge in [-0.15, -0.1) is 0 Å². The minimum Gasteiger partial charge on any atom is -0.508 e. The highest BCUT2D eigenvalue weighted by atomic mass is 16.3. The molecule has 0 fully saturated rings. The molecule has 0 aliphatic carbocycles. The highest BCUT2D eigenvalue weighted by Gasteiger charge is 2.13. The van der Waals surface area contributed by atoms with Crippen LogP contribution in [0.5, 0.6) is 11.5 Å². The number of hydrogen-bond acceptors (Lipinski definition) is 5. The molecule has 3 rings (SSSR count). The number of hydrogen-bond donors (Lipinski definition) is 4. The fourth-order valence-corrected chi connectivity index (χ4v) is 2.69. The summed E-state index contributed by atoms with van der Waals surface area (Å²) in [4.78, 5) is 24.8. The third-order valence-electron chi connectivity index (χ3n) is 4.45. The van der Waals surface area contributed by atoms with Crippen LogP contribution in [0.3, 0.4) is 0 Å². The second-order valence-electron chi connectivity index (χ2n) is 6.46. The predicted molar refractivity (Wildman–Crippen MR) is 105 cm³/mol. The van der Waals surface area contributed by atoms with E-state index in [1.165, 1.54) is 23.0 Å². The number of aromatic hydroxyl groups is 2. The molecular weight excluding hydrogens is 360 g/mol. The number of aromatic nitrogens is 2. The van der Waals surface area contributed by atoms with Crippen LogP contribution in [0.2, 0.25) is 0 Å². The summed E-state index contributed by atoms with van der Waals surface area (Å²) in [5, 5.41) is 25.8. The number of carbonyl (C=O) groups is 1. The largest absolute Gasteiger partial charge is 0.508 e. The summed E-state index contributed by atoms with van der Waals surface area (Å²) in [7, 11) is 0. The predicted octanol–water partition coefficient (Wildman–Crippen LogP) is 2.27. The van der Waals surface area contributed by atoms with E-state index in [1.54, 1.807) is 6.92 Å². The van der Waals surface area contributed by atoms with Crippen LogP contribution in [0, 0.1) is 20.8 Å². The fraction of sp³-hybridized carbons (Fsp3) is 0.150. The van der Waals surface area contributed by atoms with E-state index in [0.717, 1.165) is 17.2 Å². The third-order valence-corrected chi connectivity index (χ3v) is 4.45. The molecule has 0 atom stereocenters. The number of H-pyrrole nitrogens is 1. The average Bonchev–Trinajstić information content (AvgIpc) is 2.92. The van der Waals surface area contributed by atoms with E-state index >= 15 is 0 Å². The molecule has 2 aromatic carbocycles. The van der Waals surface area contributed by atoms with Gasteiger partial charge in [0, 0.05) is 11.8 Å². The smallest absolute Gasteiger partial charge is 0.280 e. The molecule has 0 saturated carbocycles. The van der Waals surface area contributed by atoms with Crippen LogP contribution in [0.1, 0.15) is 32.7 Å². The average molecular weight is 380 g/mol. The van der Waals surface area contributed by atoms with Gasteiger partial charge < -0.3 is 10.2 Å². The molecule has 1 heterocycles. The van der Waals surface area contributed by atoms with Crippen LogP contribution in [0.4, 0.5) is 0 Å². The molecule has 0 unspecified atom stereocenters. The molecule has 0 bridgehead atoms. The summed E-state index contributed by atoms with van der Waals surface area (Å²) in [6, 6.07) is 9.28. The maximum Gasteiger partial charge on any atom is 0.280 e. The van der Waals surface area contributed by atoms with E-state index in [2.05, 4.69) is 15.6 Å². The molecule has 0 spiro atoms. The van der Waals surface area contributed by atoms with Gasteiger partial charge in [-0.25, -0.2) is 10.1 Å². The standard InChI is InChI=1S/C20H20N4O4/c1-11-4-5-14(8-12(11)2)24-20(28)17(13(3)23-24)10-21-22-19(27)16-7-6-15(25)9-18(16)26/h4-10,23,25-26H,1-3H3,(H,22,27)/b21-10+. The molecule has 0 aliphatic rings. The lowest BCUT2D eigenvalue weighted by molar-refractivity contribution is 0.0952. The Hall–Kier alpha value is -3.81. The van der Waals surface area contributed by atoms with Crippen molar-refractivity contribution in [1.29, 1.82) is 0 Å².